The van der Waals surface area contributed by atoms with Crippen LogP contribution in [0.15, 0.2) is 12.1 Å². The van der Waals surface area contributed by atoms with Gasteiger partial charge in [-0.1, -0.05) is 0 Å². The van der Waals surface area contributed by atoms with Gasteiger partial charge in [-0.15, -0.1) is 12.4 Å². The summed E-state index contributed by atoms with van der Waals surface area (Å²) in [6.45, 7) is 4.17. The average molecular weight is 244 g/mol. The molecule has 1 fully saturated rings. The van der Waals surface area contributed by atoms with E-state index in [1.807, 2.05) is 13.8 Å². The van der Waals surface area contributed by atoms with Crippen molar-refractivity contribution in [2.45, 2.75) is 19.9 Å². The van der Waals surface area contributed by atoms with E-state index < -0.39 is 0 Å². The molecule has 1 aliphatic rings. The van der Waals surface area contributed by atoms with Gasteiger partial charge in [-0.3, -0.25) is 0 Å². The summed E-state index contributed by atoms with van der Waals surface area (Å²) in [5.41, 5.74) is 2.95. The molecular weight excluding hydrogens is 230 g/mol. The van der Waals surface area contributed by atoms with E-state index in [0.717, 1.165) is 16.7 Å². The highest BCUT2D eigenvalue weighted by Gasteiger charge is 2.26. The third-order valence-electron chi connectivity index (χ3n) is 2.60. The van der Waals surface area contributed by atoms with Crippen LogP contribution >= 0.6 is 12.4 Å². The van der Waals surface area contributed by atoms with Crippen molar-refractivity contribution in [3.8, 4) is 5.75 Å². The van der Waals surface area contributed by atoms with Crippen molar-refractivity contribution in [3.63, 3.8) is 0 Å². The molecule has 1 aromatic rings. The number of ether oxygens (including phenoxy) is 1. The monoisotopic (exact) mass is 243 g/mol. The van der Waals surface area contributed by atoms with E-state index in [9.17, 15) is 9.90 Å². The van der Waals surface area contributed by atoms with Gasteiger partial charge in [-0.05, 0) is 42.7 Å². The van der Waals surface area contributed by atoms with Crippen molar-refractivity contribution in [2.24, 2.45) is 0 Å². The Labute approximate surface area is 100 Å². The summed E-state index contributed by atoms with van der Waals surface area (Å²) < 4.78 is 4.85. The second-order valence-electron chi connectivity index (χ2n) is 3.79. The number of carbonyl (C=O) groups excluding carboxylic acids is 1. The summed E-state index contributed by atoms with van der Waals surface area (Å²) in [6.07, 6.45) is -0.383. The van der Waals surface area contributed by atoms with Crippen LogP contribution in [0.25, 0.3) is 0 Å². The first-order chi connectivity index (χ1) is 7.08. The third kappa shape index (κ3) is 2.22. The number of carbonyl (C=O) groups is 1. The van der Waals surface area contributed by atoms with E-state index in [2.05, 4.69) is 5.32 Å². The van der Waals surface area contributed by atoms with Gasteiger partial charge in [0.25, 0.3) is 0 Å². The van der Waals surface area contributed by atoms with Crippen molar-refractivity contribution in [1.82, 2.24) is 5.32 Å². The van der Waals surface area contributed by atoms with E-state index in [1.54, 1.807) is 12.1 Å². The molecule has 5 heteroatoms. The number of cyclic esters (lactones) is 1. The fourth-order valence-electron chi connectivity index (χ4n) is 2.04. The summed E-state index contributed by atoms with van der Waals surface area (Å²) in [5.74, 6) is 0.249. The number of benzene rings is 1. The molecule has 2 rings (SSSR count). The van der Waals surface area contributed by atoms with Gasteiger partial charge in [0.2, 0.25) is 0 Å². The van der Waals surface area contributed by atoms with Crippen LogP contribution in [0.1, 0.15) is 22.7 Å². The number of nitrogens with one attached hydrogen (secondary N) is 1. The van der Waals surface area contributed by atoms with E-state index in [-0.39, 0.29) is 30.3 Å². The van der Waals surface area contributed by atoms with E-state index in [1.165, 1.54) is 0 Å². The van der Waals surface area contributed by atoms with Gasteiger partial charge >= 0.3 is 6.09 Å². The summed E-state index contributed by atoms with van der Waals surface area (Å²) >= 11 is 0. The number of hydrogen-bond donors (Lipinski definition) is 2. The lowest BCUT2D eigenvalue weighted by Gasteiger charge is -2.14. The van der Waals surface area contributed by atoms with Gasteiger partial charge in [0, 0.05) is 0 Å². The standard InChI is InChI=1S/C11H13NO3.ClH/c1-6-3-8(13)4-7(2)10(6)9-5-15-11(14)12-9;/h3-4,9,13H,5H2,1-2H3,(H,12,14);1H/t9-;/m1./s1. The lowest BCUT2D eigenvalue weighted by Crippen LogP contribution is -2.20. The smallest absolute Gasteiger partial charge is 0.407 e. The Morgan fingerprint density at radius 3 is 2.38 bits per heavy atom. The van der Waals surface area contributed by atoms with Crippen LogP contribution < -0.4 is 5.32 Å². The van der Waals surface area contributed by atoms with Gasteiger partial charge in [0.05, 0.1) is 6.04 Å². The van der Waals surface area contributed by atoms with Crippen molar-refractivity contribution >= 4 is 18.5 Å². The van der Waals surface area contributed by atoms with E-state index >= 15 is 0 Å². The molecule has 0 aromatic heterocycles. The lowest BCUT2D eigenvalue weighted by atomic mass is 9.96. The van der Waals surface area contributed by atoms with Crippen molar-refractivity contribution in [1.29, 1.82) is 0 Å². The molecule has 1 atom stereocenters. The number of phenolic OH excluding ortho intramolecular Hbond substituents is 1. The highest BCUT2D eigenvalue weighted by atomic mass is 35.5. The molecule has 1 amide bonds. The second-order valence-corrected chi connectivity index (χ2v) is 3.79. The summed E-state index contributed by atoms with van der Waals surface area (Å²) in [4.78, 5) is 10.9. The van der Waals surface area contributed by atoms with Crippen LogP contribution in [0.2, 0.25) is 0 Å². The molecule has 0 spiro atoms. The minimum Gasteiger partial charge on any atom is -0.508 e. The number of alkyl carbamates (subject to hydrolysis) is 1. The fourth-order valence-corrected chi connectivity index (χ4v) is 2.04. The summed E-state index contributed by atoms with van der Waals surface area (Å²) in [6, 6.07) is 3.28. The van der Waals surface area contributed by atoms with Crippen LogP contribution in [0.4, 0.5) is 4.79 Å². The molecule has 1 heterocycles. The van der Waals surface area contributed by atoms with Gasteiger partial charge in [0.1, 0.15) is 12.4 Å². The minimum absolute atomic E-state index is 0. The molecule has 4 nitrogen and oxygen atoms in total. The summed E-state index contributed by atoms with van der Waals surface area (Å²) in [7, 11) is 0. The molecule has 2 N–H and O–H groups in total. The van der Waals surface area contributed by atoms with E-state index in [0.29, 0.717) is 6.61 Å². The molecule has 0 unspecified atom stereocenters. The number of hydrogen-bond acceptors (Lipinski definition) is 3. The Morgan fingerprint density at radius 2 is 1.94 bits per heavy atom. The Morgan fingerprint density at radius 1 is 1.38 bits per heavy atom. The normalized spacial score (nSPS) is 18.6. The first-order valence-corrected chi connectivity index (χ1v) is 4.81. The topological polar surface area (TPSA) is 58.6 Å². The maximum atomic E-state index is 10.9. The largest absolute Gasteiger partial charge is 0.508 e. The zero-order valence-corrected chi connectivity index (χ0v) is 9.93. The predicted octanol–water partition coefficient (Wildman–Crippen LogP) is 2.21. The fraction of sp³-hybridized carbons (Fsp3) is 0.364. The Balaban J connectivity index is 0.00000128. The van der Waals surface area contributed by atoms with Gasteiger partial charge in [-0.25, -0.2) is 4.79 Å². The molecule has 1 saturated heterocycles. The van der Waals surface area contributed by atoms with Crippen LogP contribution in [0.5, 0.6) is 5.75 Å². The first kappa shape index (κ1) is 12.6. The Bertz CT molecular complexity index is 397. The highest BCUT2D eigenvalue weighted by Crippen LogP contribution is 2.28. The number of rotatable bonds is 1. The van der Waals surface area contributed by atoms with Gasteiger partial charge in [-0.2, -0.15) is 0 Å². The highest BCUT2D eigenvalue weighted by molar-refractivity contribution is 5.85. The zero-order valence-electron chi connectivity index (χ0n) is 9.11. The summed E-state index contributed by atoms with van der Waals surface area (Å²) in [5, 5.41) is 12.1. The van der Waals surface area contributed by atoms with Crippen LogP contribution in [-0.4, -0.2) is 17.8 Å². The number of phenols is 1. The Hall–Kier alpha value is -1.42. The minimum atomic E-state index is -0.383. The number of halogens is 1. The van der Waals surface area contributed by atoms with Crippen LogP contribution in [0, 0.1) is 13.8 Å². The van der Waals surface area contributed by atoms with Gasteiger partial charge in [0.15, 0.2) is 0 Å². The Kier molecular flexibility index (Phi) is 3.65. The third-order valence-corrected chi connectivity index (χ3v) is 2.60. The number of amides is 1. The molecule has 88 valence electrons. The molecule has 16 heavy (non-hydrogen) atoms. The van der Waals surface area contributed by atoms with Crippen LogP contribution in [-0.2, 0) is 4.74 Å². The average Bonchev–Trinajstić information content (AvgIpc) is 2.49. The quantitative estimate of drug-likeness (QED) is 0.795. The number of aryl methyl sites for hydroxylation is 2. The second kappa shape index (κ2) is 4.61. The van der Waals surface area contributed by atoms with Crippen LogP contribution in [0.3, 0.4) is 0 Å². The molecule has 0 radical (unpaired) electrons. The molecular formula is C11H14ClNO3. The molecule has 0 bridgehead atoms. The zero-order chi connectivity index (χ0) is 11.0. The maximum Gasteiger partial charge on any atom is 0.407 e. The first-order valence-electron chi connectivity index (χ1n) is 4.81. The van der Waals surface area contributed by atoms with Crippen molar-refractivity contribution < 1.29 is 14.6 Å². The van der Waals surface area contributed by atoms with Gasteiger partial charge < -0.3 is 15.2 Å². The molecule has 0 aliphatic carbocycles. The predicted molar refractivity (Wildman–Crippen MR) is 62.1 cm³/mol. The lowest BCUT2D eigenvalue weighted by molar-refractivity contribution is 0.177. The SMILES string of the molecule is Cc1cc(O)cc(C)c1[C@H]1COC(=O)N1.Cl. The van der Waals surface area contributed by atoms with Crippen molar-refractivity contribution in [3.05, 3.63) is 28.8 Å². The maximum absolute atomic E-state index is 10.9. The van der Waals surface area contributed by atoms with Crippen molar-refractivity contribution in [2.75, 3.05) is 6.61 Å². The molecule has 0 saturated carbocycles. The molecule has 1 aliphatic heterocycles. The molecule has 1 aromatic carbocycles. The van der Waals surface area contributed by atoms with E-state index in [4.69, 9.17) is 4.74 Å². The number of aromatic hydroxyl groups is 1.